The maximum Gasteiger partial charge on any atom is 0.253 e. The van der Waals surface area contributed by atoms with Crippen LogP contribution in [-0.2, 0) is 0 Å². The van der Waals surface area contributed by atoms with Crippen molar-refractivity contribution < 1.29 is 4.79 Å². The van der Waals surface area contributed by atoms with Gasteiger partial charge in [-0.1, -0.05) is 19.3 Å². The van der Waals surface area contributed by atoms with Crippen LogP contribution in [0.25, 0.3) is 0 Å². The molecule has 1 saturated carbocycles. The molecule has 0 aliphatic heterocycles. The monoisotopic (exact) mass is 275 g/mol. The predicted octanol–water partition coefficient (Wildman–Crippen LogP) is 2.74. The zero-order valence-electron chi connectivity index (χ0n) is 12.7. The van der Waals surface area contributed by atoms with Crippen molar-refractivity contribution in [3.63, 3.8) is 0 Å². The van der Waals surface area contributed by atoms with Crippen LogP contribution in [0.1, 0.15) is 42.5 Å². The van der Waals surface area contributed by atoms with E-state index in [-0.39, 0.29) is 5.91 Å². The fourth-order valence-electron chi connectivity index (χ4n) is 2.93. The van der Waals surface area contributed by atoms with Crippen molar-refractivity contribution >= 4 is 17.3 Å². The van der Waals surface area contributed by atoms with Crippen molar-refractivity contribution in [2.24, 2.45) is 0 Å². The van der Waals surface area contributed by atoms with Crippen LogP contribution in [0.4, 0.5) is 11.4 Å². The van der Waals surface area contributed by atoms with E-state index >= 15 is 0 Å². The molecule has 1 fully saturated rings. The Bertz CT molecular complexity index is 479. The average Bonchev–Trinajstić information content (AvgIpc) is 2.46. The lowest BCUT2D eigenvalue weighted by molar-refractivity contribution is 0.0827. The van der Waals surface area contributed by atoms with Crippen LogP contribution in [0.2, 0.25) is 0 Å². The summed E-state index contributed by atoms with van der Waals surface area (Å²) in [5.41, 5.74) is 8.52. The Morgan fingerprint density at radius 3 is 2.35 bits per heavy atom. The van der Waals surface area contributed by atoms with Crippen LogP contribution in [0.5, 0.6) is 0 Å². The molecular formula is C16H25N3O. The maximum atomic E-state index is 11.9. The molecule has 1 amide bonds. The highest BCUT2D eigenvalue weighted by Crippen LogP contribution is 2.30. The van der Waals surface area contributed by atoms with E-state index < -0.39 is 0 Å². The van der Waals surface area contributed by atoms with Gasteiger partial charge in [-0.2, -0.15) is 0 Å². The van der Waals surface area contributed by atoms with Crippen molar-refractivity contribution in [2.75, 3.05) is 31.8 Å². The topological polar surface area (TPSA) is 49.6 Å². The fourth-order valence-corrected chi connectivity index (χ4v) is 2.93. The molecule has 0 saturated heterocycles. The van der Waals surface area contributed by atoms with Gasteiger partial charge in [0.2, 0.25) is 0 Å². The minimum absolute atomic E-state index is 0.0106. The van der Waals surface area contributed by atoms with Gasteiger partial charge in [-0.3, -0.25) is 4.79 Å². The van der Waals surface area contributed by atoms with Gasteiger partial charge in [0.05, 0.1) is 11.4 Å². The zero-order chi connectivity index (χ0) is 14.7. The number of nitrogens with zero attached hydrogens (tertiary/aromatic N) is 2. The summed E-state index contributed by atoms with van der Waals surface area (Å²) < 4.78 is 0. The first-order valence-electron chi connectivity index (χ1n) is 7.34. The predicted molar refractivity (Wildman–Crippen MR) is 84.1 cm³/mol. The van der Waals surface area contributed by atoms with Gasteiger partial charge in [-0.05, 0) is 31.0 Å². The van der Waals surface area contributed by atoms with Crippen molar-refractivity contribution in [3.05, 3.63) is 23.8 Å². The van der Waals surface area contributed by atoms with Crippen LogP contribution in [0, 0.1) is 0 Å². The van der Waals surface area contributed by atoms with E-state index in [9.17, 15) is 4.79 Å². The second-order valence-electron chi connectivity index (χ2n) is 5.88. The molecule has 1 aliphatic carbocycles. The molecule has 1 aromatic carbocycles. The molecule has 0 aromatic heterocycles. The minimum Gasteiger partial charge on any atom is -0.397 e. The molecule has 0 unspecified atom stereocenters. The third-order valence-corrected chi connectivity index (χ3v) is 4.18. The largest absolute Gasteiger partial charge is 0.397 e. The highest BCUT2D eigenvalue weighted by Gasteiger charge is 2.20. The van der Waals surface area contributed by atoms with Gasteiger partial charge in [-0.15, -0.1) is 0 Å². The number of carbonyl (C=O) groups excluding carboxylic acids is 1. The number of nitrogens with two attached hydrogens (primary N) is 1. The number of benzene rings is 1. The molecule has 0 radical (unpaired) electrons. The first kappa shape index (κ1) is 14.7. The molecule has 0 heterocycles. The molecule has 20 heavy (non-hydrogen) atoms. The summed E-state index contributed by atoms with van der Waals surface area (Å²) in [6, 6.07) is 6.20. The van der Waals surface area contributed by atoms with E-state index in [1.165, 1.54) is 32.1 Å². The van der Waals surface area contributed by atoms with E-state index in [1.807, 2.05) is 12.1 Å². The molecule has 110 valence electrons. The lowest BCUT2D eigenvalue weighted by Crippen LogP contribution is -2.33. The van der Waals surface area contributed by atoms with Gasteiger partial charge in [0, 0.05) is 32.7 Å². The summed E-state index contributed by atoms with van der Waals surface area (Å²) in [5, 5.41) is 0. The molecule has 2 N–H and O–H groups in total. The highest BCUT2D eigenvalue weighted by atomic mass is 16.2. The van der Waals surface area contributed by atoms with Gasteiger partial charge in [-0.25, -0.2) is 0 Å². The van der Waals surface area contributed by atoms with Crippen molar-refractivity contribution in [1.82, 2.24) is 4.90 Å². The van der Waals surface area contributed by atoms with Crippen LogP contribution in [0.15, 0.2) is 18.2 Å². The Balaban J connectivity index is 2.18. The summed E-state index contributed by atoms with van der Waals surface area (Å²) in [6.45, 7) is 0. The van der Waals surface area contributed by atoms with Crippen LogP contribution in [-0.4, -0.2) is 38.0 Å². The van der Waals surface area contributed by atoms with Gasteiger partial charge in [0.15, 0.2) is 0 Å². The number of carbonyl (C=O) groups is 1. The van der Waals surface area contributed by atoms with Crippen LogP contribution >= 0.6 is 0 Å². The molecule has 2 rings (SSSR count). The SMILES string of the molecule is CN(C)C(=O)c1ccc(N(C)C2CCCCC2)c(N)c1. The smallest absolute Gasteiger partial charge is 0.253 e. The lowest BCUT2D eigenvalue weighted by Gasteiger charge is -2.33. The first-order chi connectivity index (χ1) is 9.50. The maximum absolute atomic E-state index is 11.9. The van der Waals surface area contributed by atoms with Crippen LogP contribution < -0.4 is 10.6 Å². The Kier molecular flexibility index (Phi) is 4.53. The summed E-state index contributed by atoms with van der Waals surface area (Å²) in [5.74, 6) is -0.0106. The molecule has 0 bridgehead atoms. The first-order valence-corrected chi connectivity index (χ1v) is 7.34. The third kappa shape index (κ3) is 3.06. The molecule has 1 aromatic rings. The molecule has 4 nitrogen and oxygen atoms in total. The van der Waals surface area contributed by atoms with E-state index in [0.717, 1.165) is 5.69 Å². The summed E-state index contributed by atoms with van der Waals surface area (Å²) in [4.78, 5) is 15.8. The molecule has 1 aliphatic rings. The Labute approximate surface area is 121 Å². The summed E-state index contributed by atoms with van der Waals surface area (Å²) >= 11 is 0. The number of amides is 1. The van der Waals surface area contributed by atoms with Gasteiger partial charge in [0.25, 0.3) is 5.91 Å². The molecule has 4 heteroatoms. The van der Waals surface area contributed by atoms with E-state index in [2.05, 4.69) is 11.9 Å². The lowest BCUT2D eigenvalue weighted by atomic mass is 9.94. The highest BCUT2D eigenvalue weighted by molar-refractivity contribution is 5.95. The fraction of sp³-hybridized carbons (Fsp3) is 0.562. The third-order valence-electron chi connectivity index (χ3n) is 4.18. The normalized spacial score (nSPS) is 15.9. The number of hydrogen-bond donors (Lipinski definition) is 1. The molecule has 0 spiro atoms. The molecular weight excluding hydrogens is 250 g/mol. The van der Waals surface area contributed by atoms with E-state index in [1.54, 1.807) is 25.1 Å². The quantitative estimate of drug-likeness (QED) is 0.863. The number of rotatable bonds is 3. The number of anilines is 2. The summed E-state index contributed by atoms with van der Waals surface area (Å²) in [7, 11) is 5.61. The second-order valence-corrected chi connectivity index (χ2v) is 5.88. The number of hydrogen-bond acceptors (Lipinski definition) is 3. The number of nitrogen functional groups attached to an aromatic ring is 1. The van der Waals surface area contributed by atoms with Crippen molar-refractivity contribution in [2.45, 2.75) is 38.1 Å². The molecule has 0 atom stereocenters. The standard InChI is InChI=1S/C16H25N3O/c1-18(2)16(20)12-9-10-15(14(17)11-12)19(3)13-7-5-4-6-8-13/h9-11,13H,4-8,17H2,1-3H3. The van der Waals surface area contributed by atoms with Crippen molar-refractivity contribution in [1.29, 1.82) is 0 Å². The Morgan fingerprint density at radius 1 is 1.15 bits per heavy atom. The second kappa shape index (κ2) is 6.16. The van der Waals surface area contributed by atoms with Crippen molar-refractivity contribution in [3.8, 4) is 0 Å². The van der Waals surface area contributed by atoms with E-state index in [0.29, 0.717) is 17.3 Å². The van der Waals surface area contributed by atoms with Crippen LogP contribution in [0.3, 0.4) is 0 Å². The Hall–Kier alpha value is -1.71. The van der Waals surface area contributed by atoms with E-state index in [4.69, 9.17) is 5.73 Å². The van der Waals surface area contributed by atoms with Gasteiger partial charge in [0.1, 0.15) is 0 Å². The minimum atomic E-state index is -0.0106. The Morgan fingerprint density at radius 2 is 1.80 bits per heavy atom. The zero-order valence-corrected chi connectivity index (χ0v) is 12.7. The van der Waals surface area contributed by atoms with Gasteiger partial charge >= 0.3 is 0 Å². The van der Waals surface area contributed by atoms with Gasteiger partial charge < -0.3 is 15.5 Å². The average molecular weight is 275 g/mol. The summed E-state index contributed by atoms with van der Waals surface area (Å²) in [6.07, 6.45) is 6.40.